The first-order valence-corrected chi connectivity index (χ1v) is 7.74. The number of aryl methyl sites for hydroxylation is 1. The van der Waals surface area contributed by atoms with Crippen molar-refractivity contribution < 1.29 is 19.4 Å². The van der Waals surface area contributed by atoms with E-state index in [0.29, 0.717) is 18.0 Å². The Labute approximate surface area is 140 Å². The van der Waals surface area contributed by atoms with Crippen LogP contribution < -0.4 is 9.47 Å². The number of carbonyl (C=O) groups excluding carboxylic acids is 1. The Bertz CT molecular complexity index is 743. The van der Waals surface area contributed by atoms with Crippen LogP contribution in [0.2, 0.25) is 0 Å². The van der Waals surface area contributed by atoms with Gasteiger partial charge in [0.1, 0.15) is 5.75 Å². The van der Waals surface area contributed by atoms with Crippen LogP contribution in [0.5, 0.6) is 11.6 Å². The molecule has 0 saturated carbocycles. The number of aromatic nitrogens is 2. The number of amides is 1. The van der Waals surface area contributed by atoms with Crippen molar-refractivity contribution in [2.24, 2.45) is 7.05 Å². The second-order valence-corrected chi connectivity index (χ2v) is 5.83. The zero-order valence-corrected chi connectivity index (χ0v) is 14.0. The number of aliphatic hydroxyl groups excluding tert-OH is 1. The Balaban J connectivity index is 1.90. The molecule has 1 saturated heterocycles. The smallest absolute Gasteiger partial charge is 0.275 e. The van der Waals surface area contributed by atoms with Gasteiger partial charge in [0.05, 0.1) is 26.4 Å². The quantitative estimate of drug-likeness (QED) is 0.916. The van der Waals surface area contributed by atoms with Crippen LogP contribution in [0.3, 0.4) is 0 Å². The predicted molar refractivity (Wildman–Crippen MR) is 87.2 cm³/mol. The van der Waals surface area contributed by atoms with E-state index >= 15 is 0 Å². The molecule has 1 amide bonds. The van der Waals surface area contributed by atoms with Gasteiger partial charge in [0.15, 0.2) is 5.69 Å². The highest BCUT2D eigenvalue weighted by atomic mass is 16.5. The summed E-state index contributed by atoms with van der Waals surface area (Å²) in [6, 6.07) is 8.95. The van der Waals surface area contributed by atoms with E-state index in [1.165, 1.54) is 11.8 Å². The first kappa shape index (κ1) is 16.3. The Morgan fingerprint density at radius 3 is 2.75 bits per heavy atom. The van der Waals surface area contributed by atoms with Crippen LogP contribution in [-0.2, 0) is 7.05 Å². The molecule has 1 aliphatic heterocycles. The molecule has 1 fully saturated rings. The van der Waals surface area contributed by atoms with E-state index in [9.17, 15) is 9.90 Å². The number of β-amino-alcohol motifs (C(OH)–C–C–N with tert-alkyl or cyclic N) is 1. The number of likely N-dealkylation sites (tertiary alicyclic amines) is 1. The second-order valence-electron chi connectivity index (χ2n) is 5.83. The SMILES string of the molecule is COc1cccc([C@@H]2C[C@H](O)CN2C(=O)c2cc(OC)n(C)n2)c1. The van der Waals surface area contributed by atoms with Crippen molar-refractivity contribution in [2.75, 3.05) is 20.8 Å². The number of rotatable bonds is 4. The van der Waals surface area contributed by atoms with Gasteiger partial charge >= 0.3 is 0 Å². The molecule has 128 valence electrons. The van der Waals surface area contributed by atoms with Gasteiger partial charge in [-0.15, -0.1) is 0 Å². The first-order chi connectivity index (χ1) is 11.5. The van der Waals surface area contributed by atoms with Crippen molar-refractivity contribution in [3.63, 3.8) is 0 Å². The molecule has 2 heterocycles. The number of hydrogen-bond acceptors (Lipinski definition) is 5. The number of hydrogen-bond donors (Lipinski definition) is 1. The minimum atomic E-state index is -0.559. The van der Waals surface area contributed by atoms with Gasteiger partial charge in [-0.1, -0.05) is 12.1 Å². The summed E-state index contributed by atoms with van der Waals surface area (Å²) < 4.78 is 11.9. The lowest BCUT2D eigenvalue weighted by molar-refractivity contribution is 0.0709. The molecule has 1 aromatic heterocycles. The van der Waals surface area contributed by atoms with Crippen LogP contribution >= 0.6 is 0 Å². The highest BCUT2D eigenvalue weighted by Crippen LogP contribution is 2.34. The van der Waals surface area contributed by atoms with E-state index in [0.717, 1.165) is 11.3 Å². The maximum absolute atomic E-state index is 12.9. The largest absolute Gasteiger partial charge is 0.497 e. The fraction of sp³-hybridized carbons (Fsp3) is 0.412. The van der Waals surface area contributed by atoms with Crippen LogP contribution in [-0.4, -0.2) is 52.6 Å². The molecule has 1 N–H and O–H groups in total. The Morgan fingerprint density at radius 2 is 2.08 bits per heavy atom. The van der Waals surface area contributed by atoms with Crippen molar-refractivity contribution in [2.45, 2.75) is 18.6 Å². The summed E-state index contributed by atoms with van der Waals surface area (Å²) in [4.78, 5) is 14.5. The molecule has 7 heteroatoms. The third kappa shape index (κ3) is 2.94. The van der Waals surface area contributed by atoms with E-state index in [1.54, 1.807) is 25.1 Å². The summed E-state index contributed by atoms with van der Waals surface area (Å²) in [6.45, 7) is 0.277. The van der Waals surface area contributed by atoms with Crippen LogP contribution in [0.4, 0.5) is 0 Å². The fourth-order valence-electron chi connectivity index (χ4n) is 3.10. The summed E-state index contributed by atoms with van der Waals surface area (Å²) in [6.07, 6.45) is -0.0705. The first-order valence-electron chi connectivity index (χ1n) is 7.74. The lowest BCUT2D eigenvalue weighted by Gasteiger charge is -2.24. The number of ether oxygens (including phenoxy) is 2. The van der Waals surface area contributed by atoms with E-state index in [-0.39, 0.29) is 18.5 Å². The molecular formula is C17H21N3O4. The Kier molecular flexibility index (Phi) is 4.44. The molecule has 0 spiro atoms. The van der Waals surface area contributed by atoms with E-state index < -0.39 is 6.10 Å². The Hall–Kier alpha value is -2.54. The standard InChI is InChI=1S/C17H21N3O4/c1-19-16(24-3)9-14(18-19)17(22)20-10-12(21)8-15(20)11-5-4-6-13(7-11)23-2/h4-7,9,12,15,21H,8,10H2,1-3H3/t12-,15-/m0/s1. The highest BCUT2D eigenvalue weighted by molar-refractivity contribution is 5.93. The summed E-state index contributed by atoms with van der Waals surface area (Å²) in [7, 11) is 4.85. The zero-order valence-electron chi connectivity index (χ0n) is 14.0. The fourth-order valence-corrected chi connectivity index (χ4v) is 3.10. The van der Waals surface area contributed by atoms with Crippen molar-refractivity contribution >= 4 is 5.91 Å². The number of aliphatic hydroxyl groups is 1. The zero-order chi connectivity index (χ0) is 17.3. The topological polar surface area (TPSA) is 76.8 Å². The van der Waals surface area contributed by atoms with Gasteiger partial charge < -0.3 is 19.5 Å². The Morgan fingerprint density at radius 1 is 1.29 bits per heavy atom. The molecule has 0 bridgehead atoms. The van der Waals surface area contributed by atoms with Gasteiger partial charge in [0.25, 0.3) is 5.91 Å². The van der Waals surface area contributed by atoms with Crippen molar-refractivity contribution in [3.8, 4) is 11.6 Å². The third-order valence-electron chi connectivity index (χ3n) is 4.28. The molecule has 0 aliphatic carbocycles. The summed E-state index contributed by atoms with van der Waals surface area (Å²) >= 11 is 0. The molecule has 24 heavy (non-hydrogen) atoms. The molecule has 0 unspecified atom stereocenters. The average Bonchev–Trinajstić information content (AvgIpc) is 3.17. The molecule has 3 rings (SSSR count). The molecule has 0 radical (unpaired) electrons. The minimum Gasteiger partial charge on any atom is -0.497 e. The van der Waals surface area contributed by atoms with Crippen LogP contribution in [0.25, 0.3) is 0 Å². The normalized spacial score (nSPS) is 20.2. The monoisotopic (exact) mass is 331 g/mol. The molecule has 1 aromatic carbocycles. The van der Waals surface area contributed by atoms with Gasteiger partial charge in [-0.2, -0.15) is 5.10 Å². The van der Waals surface area contributed by atoms with Gasteiger partial charge in [0, 0.05) is 19.7 Å². The van der Waals surface area contributed by atoms with Crippen LogP contribution in [0.15, 0.2) is 30.3 Å². The highest BCUT2D eigenvalue weighted by Gasteiger charge is 2.37. The number of nitrogens with zero attached hydrogens (tertiary/aromatic N) is 3. The minimum absolute atomic E-state index is 0.212. The van der Waals surface area contributed by atoms with Gasteiger partial charge in [-0.3, -0.25) is 4.79 Å². The molecule has 2 aromatic rings. The van der Waals surface area contributed by atoms with Crippen molar-refractivity contribution in [1.82, 2.24) is 14.7 Å². The molecule has 2 atom stereocenters. The van der Waals surface area contributed by atoms with E-state index in [2.05, 4.69) is 5.10 Å². The summed E-state index contributed by atoms with van der Waals surface area (Å²) in [5.41, 5.74) is 1.23. The lowest BCUT2D eigenvalue weighted by atomic mass is 10.0. The van der Waals surface area contributed by atoms with Crippen molar-refractivity contribution in [1.29, 1.82) is 0 Å². The third-order valence-corrected chi connectivity index (χ3v) is 4.28. The molecule has 1 aliphatic rings. The maximum Gasteiger partial charge on any atom is 0.275 e. The van der Waals surface area contributed by atoms with Crippen LogP contribution in [0.1, 0.15) is 28.5 Å². The lowest BCUT2D eigenvalue weighted by Crippen LogP contribution is -2.32. The predicted octanol–water partition coefficient (Wildman–Crippen LogP) is 1.39. The summed E-state index contributed by atoms with van der Waals surface area (Å²) in [5.74, 6) is 1.01. The van der Waals surface area contributed by atoms with Crippen molar-refractivity contribution in [3.05, 3.63) is 41.6 Å². The van der Waals surface area contributed by atoms with E-state index in [4.69, 9.17) is 9.47 Å². The molecular weight excluding hydrogens is 310 g/mol. The van der Waals surface area contributed by atoms with Gasteiger partial charge in [0.2, 0.25) is 5.88 Å². The van der Waals surface area contributed by atoms with Gasteiger partial charge in [-0.25, -0.2) is 4.68 Å². The summed E-state index contributed by atoms with van der Waals surface area (Å²) in [5, 5.41) is 14.3. The maximum atomic E-state index is 12.9. The van der Waals surface area contributed by atoms with Gasteiger partial charge in [-0.05, 0) is 24.1 Å². The number of carbonyl (C=O) groups is 1. The second kappa shape index (κ2) is 6.52. The van der Waals surface area contributed by atoms with E-state index in [1.807, 2.05) is 24.3 Å². The average molecular weight is 331 g/mol. The molecule has 7 nitrogen and oxygen atoms in total. The van der Waals surface area contributed by atoms with Crippen LogP contribution in [0, 0.1) is 0 Å². The number of benzene rings is 1. The number of methoxy groups -OCH3 is 2.